The summed E-state index contributed by atoms with van der Waals surface area (Å²) in [6.07, 6.45) is -0.667. The molecule has 1 aromatic carbocycles. The maximum atomic E-state index is 13.1. The second kappa shape index (κ2) is 13.5. The Balaban J connectivity index is 2.17. The van der Waals surface area contributed by atoms with Gasteiger partial charge in [0.1, 0.15) is 11.8 Å². The molecule has 37 heavy (non-hydrogen) atoms. The first-order valence-corrected chi connectivity index (χ1v) is 12.0. The van der Waals surface area contributed by atoms with E-state index in [1.807, 2.05) is 6.92 Å². The molecule has 0 saturated carbocycles. The van der Waals surface area contributed by atoms with Gasteiger partial charge in [-0.05, 0) is 44.6 Å². The van der Waals surface area contributed by atoms with Crippen molar-refractivity contribution in [1.82, 2.24) is 25.7 Å². The van der Waals surface area contributed by atoms with Crippen LogP contribution in [0.25, 0.3) is 11.5 Å². The largest absolute Gasteiger partial charge is 0.496 e. The van der Waals surface area contributed by atoms with Crippen molar-refractivity contribution < 1.29 is 33.5 Å². The van der Waals surface area contributed by atoms with Crippen LogP contribution >= 0.6 is 0 Å². The number of rotatable bonds is 14. The molecule has 2 rings (SSSR count). The molecule has 12 heteroatoms. The smallest absolute Gasteiger partial charge is 0.305 e. The summed E-state index contributed by atoms with van der Waals surface area (Å²) in [6, 6.07) is 2.90. The lowest BCUT2D eigenvalue weighted by Gasteiger charge is -2.25. The van der Waals surface area contributed by atoms with Crippen molar-refractivity contribution in [3.63, 3.8) is 0 Å². The van der Waals surface area contributed by atoms with E-state index < -0.39 is 42.1 Å². The molecule has 0 saturated heterocycles. The van der Waals surface area contributed by atoms with Crippen LogP contribution in [0.4, 0.5) is 0 Å². The van der Waals surface area contributed by atoms with Crippen molar-refractivity contribution in [2.24, 2.45) is 5.92 Å². The molecule has 0 radical (unpaired) electrons. The molecule has 1 heterocycles. The highest BCUT2D eigenvalue weighted by atomic mass is 16.5. The van der Waals surface area contributed by atoms with Gasteiger partial charge in [0.05, 0.1) is 32.5 Å². The van der Waals surface area contributed by atoms with E-state index in [0.29, 0.717) is 35.1 Å². The molecule has 12 nitrogen and oxygen atoms in total. The first kappa shape index (κ1) is 29.4. The van der Waals surface area contributed by atoms with Crippen molar-refractivity contribution in [2.45, 2.75) is 52.6 Å². The van der Waals surface area contributed by atoms with Crippen LogP contribution in [0.5, 0.6) is 5.75 Å². The Bertz CT molecular complexity index is 1110. The lowest BCUT2D eigenvalue weighted by atomic mass is 10.0. The van der Waals surface area contributed by atoms with Gasteiger partial charge in [0.2, 0.25) is 11.8 Å². The van der Waals surface area contributed by atoms with Gasteiger partial charge in [-0.3, -0.25) is 24.1 Å². The highest BCUT2D eigenvalue weighted by molar-refractivity contribution is 5.95. The second-order valence-electron chi connectivity index (χ2n) is 9.10. The first-order valence-electron chi connectivity index (χ1n) is 12.0. The number of aliphatic carboxylic acids is 1. The fourth-order valence-electron chi connectivity index (χ4n) is 3.57. The van der Waals surface area contributed by atoms with Gasteiger partial charge >= 0.3 is 5.97 Å². The van der Waals surface area contributed by atoms with Crippen LogP contribution in [-0.2, 0) is 25.6 Å². The lowest BCUT2D eigenvalue weighted by Crippen LogP contribution is -2.55. The van der Waals surface area contributed by atoms with Gasteiger partial charge in [-0.2, -0.15) is 4.98 Å². The number of hydrogen-bond acceptors (Lipinski definition) is 9. The van der Waals surface area contributed by atoms with Crippen LogP contribution in [0, 0.1) is 12.8 Å². The standard InChI is InChI=1S/C25H35N5O7/c1-7-30(5)13-19(31)18(12-22(33)34)27-24(35)23(14(2)3)28-21(32)11-17-10-16(8-9-20(17)36-6)25-26-15(4)29-37-25/h8-10,14,18,23H,7,11-13H2,1-6H3,(H,27,35)(H,28,32)(H,33,34)/t18-,23-/m0/s1. The Morgan fingerprint density at radius 2 is 1.89 bits per heavy atom. The van der Waals surface area contributed by atoms with E-state index in [0.717, 1.165) is 0 Å². The third-order valence-corrected chi connectivity index (χ3v) is 5.72. The maximum absolute atomic E-state index is 13.1. The fourth-order valence-corrected chi connectivity index (χ4v) is 3.57. The number of aryl methyl sites for hydroxylation is 1. The van der Waals surface area contributed by atoms with Gasteiger partial charge in [0.25, 0.3) is 5.89 Å². The number of likely N-dealkylation sites (N-methyl/N-ethyl adjacent to an activating group) is 1. The molecule has 0 fully saturated rings. The number of carbonyl (C=O) groups excluding carboxylic acids is 3. The number of hydrogen-bond donors (Lipinski definition) is 3. The lowest BCUT2D eigenvalue weighted by molar-refractivity contribution is -0.141. The molecule has 3 N–H and O–H groups in total. The fraction of sp³-hybridized carbons (Fsp3) is 0.520. The molecule has 0 aliphatic rings. The van der Waals surface area contributed by atoms with E-state index in [1.165, 1.54) is 7.11 Å². The van der Waals surface area contributed by atoms with Crippen molar-refractivity contribution in [3.05, 3.63) is 29.6 Å². The summed E-state index contributed by atoms with van der Waals surface area (Å²) in [4.78, 5) is 55.9. The molecule has 0 aliphatic heterocycles. The van der Waals surface area contributed by atoms with Crippen molar-refractivity contribution in [1.29, 1.82) is 0 Å². The molecule has 2 atom stereocenters. The van der Waals surface area contributed by atoms with E-state index in [9.17, 15) is 24.3 Å². The minimum atomic E-state index is -1.22. The van der Waals surface area contributed by atoms with Gasteiger partial charge < -0.3 is 25.0 Å². The SMILES string of the molecule is CCN(C)CC(=O)[C@H](CC(=O)O)NC(=O)[C@@H](NC(=O)Cc1cc(-c2nc(C)no2)ccc1OC)C(C)C. The number of carboxylic acid groups (broad SMARTS) is 1. The molecular formula is C25H35N5O7. The maximum Gasteiger partial charge on any atom is 0.305 e. The van der Waals surface area contributed by atoms with E-state index in [2.05, 4.69) is 20.8 Å². The zero-order chi connectivity index (χ0) is 27.7. The van der Waals surface area contributed by atoms with E-state index in [1.54, 1.807) is 50.9 Å². The monoisotopic (exact) mass is 517 g/mol. The average Bonchev–Trinajstić information content (AvgIpc) is 3.27. The molecular weight excluding hydrogens is 482 g/mol. The minimum Gasteiger partial charge on any atom is -0.496 e. The number of ketones is 1. The first-order chi connectivity index (χ1) is 17.4. The van der Waals surface area contributed by atoms with Crippen LogP contribution in [0.3, 0.4) is 0 Å². The van der Waals surface area contributed by atoms with Crippen LogP contribution in [0.2, 0.25) is 0 Å². The number of methoxy groups -OCH3 is 1. The number of carboxylic acids is 1. The zero-order valence-corrected chi connectivity index (χ0v) is 22.0. The van der Waals surface area contributed by atoms with Crippen molar-refractivity contribution in [3.8, 4) is 17.2 Å². The van der Waals surface area contributed by atoms with Gasteiger partial charge in [-0.25, -0.2) is 0 Å². The van der Waals surface area contributed by atoms with Crippen LogP contribution in [0.1, 0.15) is 38.6 Å². The number of carbonyl (C=O) groups is 4. The quantitative estimate of drug-likeness (QED) is 0.332. The zero-order valence-electron chi connectivity index (χ0n) is 22.0. The van der Waals surface area contributed by atoms with Gasteiger partial charge in [-0.1, -0.05) is 25.9 Å². The Kier molecular flexibility index (Phi) is 10.7. The highest BCUT2D eigenvalue weighted by Crippen LogP contribution is 2.26. The van der Waals surface area contributed by atoms with Crippen LogP contribution < -0.4 is 15.4 Å². The summed E-state index contributed by atoms with van der Waals surface area (Å²) in [5, 5.41) is 18.2. The molecule has 2 amide bonds. The molecule has 0 bridgehead atoms. The van der Waals surface area contributed by atoms with Gasteiger partial charge in [0.15, 0.2) is 11.6 Å². The molecule has 2 aromatic rings. The Labute approximate surface area is 215 Å². The predicted molar refractivity (Wildman–Crippen MR) is 134 cm³/mol. The van der Waals surface area contributed by atoms with Crippen LogP contribution in [0.15, 0.2) is 22.7 Å². The number of Topliss-reactive ketones (excluding diaryl/α,β-unsaturated/α-hetero) is 1. The highest BCUT2D eigenvalue weighted by Gasteiger charge is 2.30. The summed E-state index contributed by atoms with van der Waals surface area (Å²) in [7, 11) is 3.20. The third-order valence-electron chi connectivity index (χ3n) is 5.72. The Hall–Kier alpha value is -3.80. The van der Waals surface area contributed by atoms with Gasteiger partial charge in [0, 0.05) is 11.1 Å². The number of nitrogens with zero attached hydrogens (tertiary/aromatic N) is 3. The summed E-state index contributed by atoms with van der Waals surface area (Å²) < 4.78 is 10.6. The Morgan fingerprint density at radius 1 is 1.19 bits per heavy atom. The summed E-state index contributed by atoms with van der Waals surface area (Å²) >= 11 is 0. The molecule has 0 aliphatic carbocycles. The molecule has 202 valence electrons. The van der Waals surface area contributed by atoms with E-state index in [4.69, 9.17) is 9.26 Å². The summed E-state index contributed by atoms with van der Waals surface area (Å²) in [5.41, 5.74) is 1.15. The van der Waals surface area contributed by atoms with Crippen molar-refractivity contribution >= 4 is 23.6 Å². The number of nitrogens with one attached hydrogen (secondary N) is 2. The number of amides is 2. The number of benzene rings is 1. The summed E-state index contributed by atoms with van der Waals surface area (Å²) in [6.45, 7) is 7.60. The van der Waals surface area contributed by atoms with Gasteiger partial charge in [-0.15, -0.1) is 0 Å². The van der Waals surface area contributed by atoms with E-state index >= 15 is 0 Å². The third kappa shape index (κ3) is 8.67. The minimum absolute atomic E-state index is 0.0108. The van der Waals surface area contributed by atoms with Crippen molar-refractivity contribution in [2.75, 3.05) is 27.2 Å². The predicted octanol–water partition coefficient (Wildman–Crippen LogP) is 1.22. The van der Waals surface area contributed by atoms with E-state index in [-0.39, 0.29) is 18.9 Å². The second-order valence-corrected chi connectivity index (χ2v) is 9.10. The number of aromatic nitrogens is 2. The summed E-state index contributed by atoms with van der Waals surface area (Å²) in [5.74, 6) is -1.84. The molecule has 0 unspecified atom stereocenters. The van der Waals surface area contributed by atoms with Crippen LogP contribution in [-0.4, -0.2) is 83.0 Å². The topological polar surface area (TPSA) is 164 Å². The average molecular weight is 518 g/mol. The Morgan fingerprint density at radius 3 is 2.43 bits per heavy atom. The normalized spacial score (nSPS) is 12.8. The molecule has 0 spiro atoms. The molecule has 1 aromatic heterocycles. The number of ether oxygens (including phenoxy) is 1.